The van der Waals surface area contributed by atoms with Crippen molar-refractivity contribution < 1.29 is 19.4 Å². The molecule has 6 heteroatoms. The molecule has 0 saturated heterocycles. The predicted molar refractivity (Wildman–Crippen MR) is 41.4 cm³/mol. The summed E-state index contributed by atoms with van der Waals surface area (Å²) in [5, 5.41) is 17.7. The zero-order chi connectivity index (χ0) is 10.0. The highest BCUT2D eigenvalue weighted by atomic mass is 19.1. The van der Waals surface area contributed by atoms with E-state index in [1.807, 2.05) is 0 Å². The van der Waals surface area contributed by atoms with Crippen molar-refractivity contribution >= 4 is 5.91 Å². The molecule has 0 fully saturated rings. The fraction of sp³-hybridized carbons (Fsp3) is 0. The summed E-state index contributed by atoms with van der Waals surface area (Å²) in [6, 6.07) is 2.00. The van der Waals surface area contributed by atoms with Crippen molar-refractivity contribution in [1.82, 2.24) is 5.43 Å². The number of amides is 1. The first-order valence-corrected chi connectivity index (χ1v) is 3.29. The zero-order valence-corrected chi connectivity index (χ0v) is 6.41. The average molecular weight is 186 g/mol. The Kier molecular flexibility index (Phi) is 2.34. The summed E-state index contributed by atoms with van der Waals surface area (Å²) in [4.78, 5) is 10.8. The van der Waals surface area contributed by atoms with E-state index in [2.05, 4.69) is 0 Å². The third kappa shape index (κ3) is 1.52. The number of nitrogens with one attached hydrogen (secondary N) is 1. The lowest BCUT2D eigenvalue weighted by molar-refractivity contribution is 0.0948. The zero-order valence-electron chi connectivity index (χ0n) is 6.41. The number of phenolic OH excluding ortho intramolecular Hbond substituents is 2. The minimum absolute atomic E-state index is 0.433. The number of benzene rings is 1. The molecule has 1 aromatic rings. The molecule has 0 heterocycles. The van der Waals surface area contributed by atoms with Gasteiger partial charge in [-0.1, -0.05) is 0 Å². The summed E-state index contributed by atoms with van der Waals surface area (Å²) >= 11 is 0. The number of nitrogen functional groups attached to an aromatic ring is 1. The molecule has 0 aromatic heterocycles. The Labute approximate surface area is 72.6 Å². The quantitative estimate of drug-likeness (QED) is 0.212. The number of hydrogen-bond donors (Lipinski definition) is 4. The van der Waals surface area contributed by atoms with Gasteiger partial charge in [0.2, 0.25) is 0 Å². The third-order valence-electron chi connectivity index (χ3n) is 1.47. The van der Waals surface area contributed by atoms with E-state index in [1.54, 1.807) is 5.43 Å². The standard InChI is InChI=1S/C7H7FN2O3/c8-5-3(7(13)10-9)1-2-4(11)6(5)12/h1-2,11-12H,9H2,(H,10,13). The molecule has 0 aliphatic carbocycles. The number of carbonyl (C=O) groups excluding carboxylic acids is 1. The Balaban J connectivity index is 3.26. The first kappa shape index (κ1) is 9.27. The summed E-state index contributed by atoms with van der Waals surface area (Å²) in [6.45, 7) is 0. The lowest BCUT2D eigenvalue weighted by atomic mass is 10.2. The van der Waals surface area contributed by atoms with Crippen LogP contribution in [0.25, 0.3) is 0 Å². The van der Waals surface area contributed by atoms with Gasteiger partial charge in [0.1, 0.15) is 0 Å². The van der Waals surface area contributed by atoms with Gasteiger partial charge in [0, 0.05) is 0 Å². The second kappa shape index (κ2) is 3.28. The monoisotopic (exact) mass is 186 g/mol. The fourth-order valence-corrected chi connectivity index (χ4v) is 0.807. The van der Waals surface area contributed by atoms with Crippen LogP contribution in [0.5, 0.6) is 11.5 Å². The van der Waals surface area contributed by atoms with E-state index in [-0.39, 0.29) is 0 Å². The number of hydrazine groups is 1. The molecule has 0 atom stereocenters. The maximum Gasteiger partial charge on any atom is 0.268 e. The number of phenols is 2. The van der Waals surface area contributed by atoms with Gasteiger partial charge in [-0.2, -0.15) is 0 Å². The Morgan fingerprint density at radius 2 is 2.08 bits per heavy atom. The van der Waals surface area contributed by atoms with Gasteiger partial charge in [0.25, 0.3) is 5.91 Å². The number of aromatic hydroxyl groups is 2. The minimum atomic E-state index is -1.21. The van der Waals surface area contributed by atoms with Crippen LogP contribution in [-0.4, -0.2) is 16.1 Å². The molecule has 0 spiro atoms. The minimum Gasteiger partial charge on any atom is -0.504 e. The van der Waals surface area contributed by atoms with E-state index in [9.17, 15) is 9.18 Å². The molecule has 0 radical (unpaired) electrons. The van der Waals surface area contributed by atoms with Gasteiger partial charge in [-0.15, -0.1) is 0 Å². The van der Waals surface area contributed by atoms with Crippen LogP contribution in [0.3, 0.4) is 0 Å². The van der Waals surface area contributed by atoms with Crippen LogP contribution in [0, 0.1) is 5.82 Å². The number of carbonyl (C=O) groups is 1. The number of halogens is 1. The van der Waals surface area contributed by atoms with Crippen molar-refractivity contribution in [2.75, 3.05) is 0 Å². The van der Waals surface area contributed by atoms with Gasteiger partial charge in [0.05, 0.1) is 5.56 Å². The molecular formula is C7H7FN2O3. The topological polar surface area (TPSA) is 95.6 Å². The molecular weight excluding hydrogens is 179 g/mol. The van der Waals surface area contributed by atoms with Crippen LogP contribution in [-0.2, 0) is 0 Å². The summed E-state index contributed by atoms with van der Waals surface area (Å²) in [7, 11) is 0. The molecule has 1 rings (SSSR count). The molecule has 70 valence electrons. The predicted octanol–water partition coefficient (Wildman–Crippen LogP) is -0.160. The summed E-state index contributed by atoms with van der Waals surface area (Å²) < 4.78 is 13.0. The number of hydrogen-bond acceptors (Lipinski definition) is 4. The molecule has 0 unspecified atom stereocenters. The molecule has 0 saturated carbocycles. The lowest BCUT2D eigenvalue weighted by Gasteiger charge is -2.03. The fourth-order valence-electron chi connectivity index (χ4n) is 0.807. The number of nitrogens with two attached hydrogens (primary N) is 1. The van der Waals surface area contributed by atoms with Crippen LogP contribution in [0.2, 0.25) is 0 Å². The Morgan fingerprint density at radius 3 is 2.62 bits per heavy atom. The van der Waals surface area contributed by atoms with Crippen LogP contribution < -0.4 is 11.3 Å². The molecule has 5 N–H and O–H groups in total. The maximum absolute atomic E-state index is 13.0. The maximum atomic E-state index is 13.0. The highest BCUT2D eigenvalue weighted by Crippen LogP contribution is 2.29. The van der Waals surface area contributed by atoms with E-state index < -0.39 is 28.8 Å². The van der Waals surface area contributed by atoms with Gasteiger partial charge < -0.3 is 10.2 Å². The van der Waals surface area contributed by atoms with Gasteiger partial charge >= 0.3 is 0 Å². The SMILES string of the molecule is NNC(=O)c1ccc(O)c(O)c1F. The summed E-state index contributed by atoms with van der Waals surface area (Å²) in [5.41, 5.74) is 1.26. The molecule has 1 amide bonds. The van der Waals surface area contributed by atoms with Crippen LogP contribution >= 0.6 is 0 Å². The van der Waals surface area contributed by atoms with Gasteiger partial charge in [-0.05, 0) is 12.1 Å². The molecule has 0 aliphatic heterocycles. The normalized spacial score (nSPS) is 9.69. The van der Waals surface area contributed by atoms with Gasteiger partial charge in [-0.3, -0.25) is 10.2 Å². The molecule has 0 bridgehead atoms. The van der Waals surface area contributed by atoms with Crippen molar-refractivity contribution in [3.8, 4) is 11.5 Å². The smallest absolute Gasteiger partial charge is 0.268 e. The molecule has 13 heavy (non-hydrogen) atoms. The van der Waals surface area contributed by atoms with Crippen molar-refractivity contribution in [3.63, 3.8) is 0 Å². The molecule has 5 nitrogen and oxygen atoms in total. The Bertz CT molecular complexity index is 354. The first-order valence-electron chi connectivity index (χ1n) is 3.29. The van der Waals surface area contributed by atoms with Crippen LogP contribution in [0.15, 0.2) is 12.1 Å². The average Bonchev–Trinajstić information content (AvgIpc) is 2.13. The summed E-state index contributed by atoms with van der Waals surface area (Å²) in [5.74, 6) is 1.06. The second-order valence-electron chi connectivity index (χ2n) is 2.27. The van der Waals surface area contributed by atoms with E-state index in [1.165, 1.54) is 0 Å². The highest BCUT2D eigenvalue weighted by molar-refractivity contribution is 5.94. The van der Waals surface area contributed by atoms with Crippen molar-refractivity contribution in [2.24, 2.45) is 5.84 Å². The van der Waals surface area contributed by atoms with E-state index in [0.717, 1.165) is 12.1 Å². The molecule has 1 aromatic carbocycles. The van der Waals surface area contributed by atoms with Crippen LogP contribution in [0.4, 0.5) is 4.39 Å². The largest absolute Gasteiger partial charge is 0.504 e. The van der Waals surface area contributed by atoms with E-state index >= 15 is 0 Å². The Hall–Kier alpha value is -1.82. The van der Waals surface area contributed by atoms with E-state index in [4.69, 9.17) is 16.1 Å². The first-order chi connectivity index (χ1) is 6.07. The second-order valence-corrected chi connectivity index (χ2v) is 2.27. The van der Waals surface area contributed by atoms with Gasteiger partial charge in [-0.25, -0.2) is 10.2 Å². The summed E-state index contributed by atoms with van der Waals surface area (Å²) in [6.07, 6.45) is 0. The lowest BCUT2D eigenvalue weighted by Crippen LogP contribution is -2.30. The van der Waals surface area contributed by atoms with Gasteiger partial charge in [0.15, 0.2) is 17.3 Å². The number of rotatable bonds is 1. The Morgan fingerprint density at radius 1 is 1.46 bits per heavy atom. The third-order valence-corrected chi connectivity index (χ3v) is 1.47. The van der Waals surface area contributed by atoms with Crippen molar-refractivity contribution in [2.45, 2.75) is 0 Å². The highest BCUT2D eigenvalue weighted by Gasteiger charge is 2.16. The van der Waals surface area contributed by atoms with Crippen LogP contribution in [0.1, 0.15) is 10.4 Å². The van der Waals surface area contributed by atoms with Crippen molar-refractivity contribution in [1.29, 1.82) is 0 Å². The van der Waals surface area contributed by atoms with E-state index in [0.29, 0.717) is 0 Å². The molecule has 0 aliphatic rings. The van der Waals surface area contributed by atoms with Crippen molar-refractivity contribution in [3.05, 3.63) is 23.5 Å².